The Balaban J connectivity index is 1.40. The van der Waals surface area contributed by atoms with Gasteiger partial charge in [0.15, 0.2) is 0 Å². The van der Waals surface area contributed by atoms with Crippen LogP contribution >= 0.6 is 0 Å². The molecular weight excluding hydrogens is 415 g/mol. The van der Waals surface area contributed by atoms with E-state index >= 15 is 0 Å². The summed E-state index contributed by atoms with van der Waals surface area (Å²) in [5.74, 6) is -3.28. The number of sulfonamides is 1. The van der Waals surface area contributed by atoms with Crippen LogP contribution in [0.25, 0.3) is 0 Å². The summed E-state index contributed by atoms with van der Waals surface area (Å²) in [7, 11) is -3.77. The van der Waals surface area contributed by atoms with Gasteiger partial charge in [-0.15, -0.1) is 0 Å². The summed E-state index contributed by atoms with van der Waals surface area (Å²) in [6.45, 7) is 2.90. The average molecular weight is 446 g/mol. The largest absolute Gasteiger partial charge is 0.302 e. The van der Waals surface area contributed by atoms with E-state index in [1.54, 1.807) is 0 Å². The zero-order chi connectivity index (χ0) is 21.4. The predicted molar refractivity (Wildman–Crippen MR) is 109 cm³/mol. The number of piperidine rings is 2. The molecule has 1 aromatic rings. The third kappa shape index (κ3) is 4.84. The van der Waals surface area contributed by atoms with Crippen LogP contribution in [0, 0.1) is 5.82 Å². The van der Waals surface area contributed by atoms with Crippen molar-refractivity contribution in [1.82, 2.24) is 14.1 Å². The molecule has 1 atom stereocenters. The first kappa shape index (κ1) is 22.0. The fraction of sp³-hybridized carbons (Fsp3) is 0.714. The number of rotatable bonds is 5. The molecule has 3 aliphatic rings. The number of nitrogens with zero attached hydrogens (tertiary/aromatic N) is 3. The summed E-state index contributed by atoms with van der Waals surface area (Å²) in [6.07, 6.45) is 4.37. The minimum Gasteiger partial charge on any atom is -0.302 e. The highest BCUT2D eigenvalue weighted by atomic mass is 32.2. The molecule has 1 aromatic carbocycles. The van der Waals surface area contributed by atoms with Crippen molar-refractivity contribution in [2.24, 2.45) is 0 Å². The molecule has 0 N–H and O–H groups in total. The quantitative estimate of drug-likeness (QED) is 0.698. The third-order valence-electron chi connectivity index (χ3n) is 6.66. The van der Waals surface area contributed by atoms with Crippen LogP contribution in [0.4, 0.5) is 13.2 Å². The first-order chi connectivity index (χ1) is 14.2. The van der Waals surface area contributed by atoms with Crippen molar-refractivity contribution in [1.29, 1.82) is 0 Å². The Morgan fingerprint density at radius 1 is 1.03 bits per heavy atom. The van der Waals surface area contributed by atoms with Crippen molar-refractivity contribution in [3.8, 4) is 0 Å². The molecule has 4 rings (SSSR count). The van der Waals surface area contributed by atoms with Gasteiger partial charge in [-0.05, 0) is 57.0 Å². The van der Waals surface area contributed by atoms with Gasteiger partial charge in [0, 0.05) is 38.1 Å². The molecule has 168 valence electrons. The Morgan fingerprint density at radius 2 is 1.73 bits per heavy atom. The van der Waals surface area contributed by atoms with Crippen LogP contribution in [-0.4, -0.2) is 79.8 Å². The van der Waals surface area contributed by atoms with Gasteiger partial charge in [0.2, 0.25) is 10.0 Å². The van der Waals surface area contributed by atoms with E-state index in [2.05, 4.69) is 4.90 Å². The van der Waals surface area contributed by atoms with Crippen LogP contribution in [0.3, 0.4) is 0 Å². The van der Waals surface area contributed by atoms with Crippen LogP contribution in [0.5, 0.6) is 0 Å². The number of benzene rings is 1. The Bertz CT molecular complexity index is 838. The summed E-state index contributed by atoms with van der Waals surface area (Å²) >= 11 is 0. The first-order valence-corrected chi connectivity index (χ1v) is 12.3. The number of alkyl halides is 2. The molecule has 0 spiro atoms. The molecular formula is C21H30F3N3O2S. The van der Waals surface area contributed by atoms with Gasteiger partial charge in [-0.1, -0.05) is 12.5 Å². The standard InChI is InChI=1S/C21H30F3N3O2S/c22-17-5-4-6-20(13-17)30(28,29)26-11-7-18(8-12-26)27-16-21(23,24)14-19(27)15-25-9-2-1-3-10-25/h4-6,13,18-19H,1-3,7-12,14-16H2/t19-/m0/s1. The zero-order valence-corrected chi connectivity index (χ0v) is 18.0. The average Bonchev–Trinajstić information content (AvgIpc) is 3.03. The summed E-state index contributed by atoms with van der Waals surface area (Å²) in [4.78, 5) is 4.17. The topological polar surface area (TPSA) is 43.9 Å². The minimum atomic E-state index is -3.77. The first-order valence-electron chi connectivity index (χ1n) is 10.9. The fourth-order valence-electron chi connectivity index (χ4n) is 5.15. The molecule has 0 aromatic heterocycles. The summed E-state index contributed by atoms with van der Waals surface area (Å²) in [6, 6.07) is 4.77. The smallest absolute Gasteiger partial charge is 0.262 e. The molecule has 0 aliphatic carbocycles. The molecule has 3 fully saturated rings. The van der Waals surface area contributed by atoms with Gasteiger partial charge in [-0.3, -0.25) is 4.90 Å². The van der Waals surface area contributed by atoms with Crippen molar-refractivity contribution >= 4 is 10.0 Å². The van der Waals surface area contributed by atoms with E-state index in [1.807, 2.05) is 4.90 Å². The van der Waals surface area contributed by atoms with Crippen molar-refractivity contribution < 1.29 is 21.6 Å². The number of hydrogen-bond acceptors (Lipinski definition) is 4. The van der Waals surface area contributed by atoms with Gasteiger partial charge < -0.3 is 4.90 Å². The van der Waals surface area contributed by atoms with E-state index in [0.29, 0.717) is 19.4 Å². The second-order valence-electron chi connectivity index (χ2n) is 8.84. The highest BCUT2D eigenvalue weighted by Crippen LogP contribution is 2.37. The molecule has 9 heteroatoms. The Hall–Kier alpha value is -1.16. The highest BCUT2D eigenvalue weighted by molar-refractivity contribution is 7.89. The van der Waals surface area contributed by atoms with Gasteiger partial charge in [-0.2, -0.15) is 4.31 Å². The fourth-order valence-corrected chi connectivity index (χ4v) is 6.65. The maximum absolute atomic E-state index is 14.3. The molecule has 3 saturated heterocycles. The normalized spacial score (nSPS) is 27.5. The van der Waals surface area contributed by atoms with Gasteiger partial charge in [0.25, 0.3) is 5.92 Å². The van der Waals surface area contributed by atoms with Gasteiger partial charge >= 0.3 is 0 Å². The predicted octanol–water partition coefficient (Wildman–Crippen LogP) is 3.17. The third-order valence-corrected chi connectivity index (χ3v) is 8.56. The minimum absolute atomic E-state index is 0.0490. The van der Waals surface area contributed by atoms with Gasteiger partial charge in [0.05, 0.1) is 11.4 Å². The van der Waals surface area contributed by atoms with Crippen LogP contribution in [0.1, 0.15) is 38.5 Å². The molecule has 0 bridgehead atoms. The lowest BCUT2D eigenvalue weighted by Crippen LogP contribution is -2.51. The molecule has 30 heavy (non-hydrogen) atoms. The maximum Gasteiger partial charge on any atom is 0.262 e. The number of halogens is 3. The van der Waals surface area contributed by atoms with E-state index in [-0.39, 0.29) is 43.0 Å². The van der Waals surface area contributed by atoms with Gasteiger partial charge in [-0.25, -0.2) is 21.6 Å². The second kappa shape index (κ2) is 8.76. The molecule has 3 aliphatic heterocycles. The molecule has 5 nitrogen and oxygen atoms in total. The van der Waals surface area contributed by atoms with E-state index in [9.17, 15) is 21.6 Å². The van der Waals surface area contributed by atoms with Crippen molar-refractivity contribution in [3.63, 3.8) is 0 Å². The zero-order valence-electron chi connectivity index (χ0n) is 17.1. The van der Waals surface area contributed by atoms with Crippen LogP contribution < -0.4 is 0 Å². The van der Waals surface area contributed by atoms with Crippen molar-refractivity contribution in [3.05, 3.63) is 30.1 Å². The lowest BCUT2D eigenvalue weighted by Gasteiger charge is -2.40. The Morgan fingerprint density at radius 3 is 2.40 bits per heavy atom. The second-order valence-corrected chi connectivity index (χ2v) is 10.8. The monoisotopic (exact) mass is 445 g/mol. The van der Waals surface area contributed by atoms with Gasteiger partial charge in [0.1, 0.15) is 5.82 Å². The summed E-state index contributed by atoms with van der Waals surface area (Å²) in [5, 5.41) is 0. The summed E-state index contributed by atoms with van der Waals surface area (Å²) in [5.41, 5.74) is 0. The number of likely N-dealkylation sites (tertiary alicyclic amines) is 2. The maximum atomic E-state index is 14.3. The number of hydrogen-bond donors (Lipinski definition) is 0. The summed E-state index contributed by atoms with van der Waals surface area (Å²) < 4.78 is 69.0. The Labute approximate surface area is 176 Å². The lowest BCUT2D eigenvalue weighted by atomic mass is 10.0. The van der Waals surface area contributed by atoms with E-state index in [4.69, 9.17) is 0 Å². The lowest BCUT2D eigenvalue weighted by molar-refractivity contribution is 0.00466. The van der Waals surface area contributed by atoms with E-state index in [1.165, 1.54) is 28.9 Å². The van der Waals surface area contributed by atoms with E-state index in [0.717, 1.165) is 32.0 Å². The van der Waals surface area contributed by atoms with E-state index < -0.39 is 21.8 Å². The molecule has 3 heterocycles. The van der Waals surface area contributed by atoms with Crippen molar-refractivity contribution in [2.75, 3.05) is 39.3 Å². The van der Waals surface area contributed by atoms with Crippen LogP contribution in [-0.2, 0) is 10.0 Å². The Kier molecular flexibility index (Phi) is 6.44. The molecule has 0 radical (unpaired) electrons. The highest BCUT2D eigenvalue weighted by Gasteiger charge is 2.48. The SMILES string of the molecule is O=S(=O)(c1cccc(F)c1)N1CCC(N2CC(F)(F)C[C@H]2CN2CCCCC2)CC1. The molecule has 0 saturated carbocycles. The molecule has 0 unspecified atom stereocenters. The van der Waals surface area contributed by atoms with Crippen LogP contribution in [0.15, 0.2) is 29.2 Å². The molecule has 0 amide bonds. The van der Waals surface area contributed by atoms with Crippen LogP contribution in [0.2, 0.25) is 0 Å². The van der Waals surface area contributed by atoms with Crippen molar-refractivity contribution in [2.45, 2.75) is 61.4 Å².